The van der Waals surface area contributed by atoms with Crippen LogP contribution in [0.2, 0.25) is 0 Å². The number of ether oxygens (including phenoxy) is 1. The lowest BCUT2D eigenvalue weighted by Gasteiger charge is -2.22. The van der Waals surface area contributed by atoms with Crippen molar-refractivity contribution in [3.8, 4) is 0 Å². The van der Waals surface area contributed by atoms with Gasteiger partial charge in [0.1, 0.15) is 11.1 Å². The lowest BCUT2D eigenvalue weighted by atomic mass is 9.97. The standard InChI is InChI=1S/C14H22N4O2S/c1-4-9-18-12(11-5-7-15-8-6-11)16-17-14(18)21-10(2)13(19)20-3/h4,10-11,15H,1,5-9H2,2-3H3. The lowest BCUT2D eigenvalue weighted by molar-refractivity contribution is -0.139. The molecule has 1 atom stereocenters. The van der Waals surface area contributed by atoms with Gasteiger partial charge in [0.15, 0.2) is 5.16 Å². The van der Waals surface area contributed by atoms with Crippen LogP contribution in [0.5, 0.6) is 0 Å². The largest absolute Gasteiger partial charge is 0.468 e. The summed E-state index contributed by atoms with van der Waals surface area (Å²) in [4.78, 5) is 11.6. The molecule has 2 rings (SSSR count). The second kappa shape index (κ2) is 7.61. The first kappa shape index (κ1) is 16.0. The van der Waals surface area contributed by atoms with Crippen LogP contribution in [-0.4, -0.2) is 46.2 Å². The van der Waals surface area contributed by atoms with E-state index in [2.05, 4.69) is 26.7 Å². The zero-order chi connectivity index (χ0) is 15.2. The molecule has 1 aliphatic heterocycles. The fourth-order valence-electron chi connectivity index (χ4n) is 2.44. The molecule has 0 radical (unpaired) electrons. The Morgan fingerprint density at radius 3 is 2.90 bits per heavy atom. The Morgan fingerprint density at radius 2 is 2.29 bits per heavy atom. The summed E-state index contributed by atoms with van der Waals surface area (Å²) in [6.45, 7) is 8.29. The Bertz CT molecular complexity index is 497. The van der Waals surface area contributed by atoms with Crippen LogP contribution in [0.25, 0.3) is 0 Å². The van der Waals surface area contributed by atoms with Crippen molar-refractivity contribution >= 4 is 17.7 Å². The van der Waals surface area contributed by atoms with Crippen molar-refractivity contribution in [3.63, 3.8) is 0 Å². The molecule has 21 heavy (non-hydrogen) atoms. The van der Waals surface area contributed by atoms with Crippen molar-refractivity contribution < 1.29 is 9.53 Å². The molecule has 2 heterocycles. The van der Waals surface area contributed by atoms with E-state index < -0.39 is 0 Å². The normalized spacial score (nSPS) is 17.4. The minimum atomic E-state index is -0.302. The van der Waals surface area contributed by atoms with Gasteiger partial charge in [-0.3, -0.25) is 4.79 Å². The molecule has 0 saturated carbocycles. The topological polar surface area (TPSA) is 69.0 Å². The van der Waals surface area contributed by atoms with Crippen LogP contribution in [-0.2, 0) is 16.1 Å². The smallest absolute Gasteiger partial charge is 0.318 e. The molecular weight excluding hydrogens is 288 g/mol. The number of hydrogen-bond acceptors (Lipinski definition) is 6. The second-order valence-electron chi connectivity index (χ2n) is 5.05. The van der Waals surface area contributed by atoms with Crippen LogP contribution in [0.1, 0.15) is 31.5 Å². The van der Waals surface area contributed by atoms with Gasteiger partial charge in [-0.2, -0.15) is 0 Å². The van der Waals surface area contributed by atoms with Crippen molar-refractivity contribution in [3.05, 3.63) is 18.5 Å². The zero-order valence-electron chi connectivity index (χ0n) is 12.5. The molecule has 1 fully saturated rings. The summed E-state index contributed by atoms with van der Waals surface area (Å²) in [5.74, 6) is 1.16. The number of thioether (sulfide) groups is 1. The van der Waals surface area contributed by atoms with Crippen molar-refractivity contribution in [2.45, 2.75) is 42.6 Å². The van der Waals surface area contributed by atoms with Crippen molar-refractivity contribution in [1.29, 1.82) is 0 Å². The Labute approximate surface area is 129 Å². The minimum absolute atomic E-state index is 0.253. The van der Waals surface area contributed by atoms with Gasteiger partial charge in [0.2, 0.25) is 0 Å². The highest BCUT2D eigenvalue weighted by atomic mass is 32.2. The van der Waals surface area contributed by atoms with Gasteiger partial charge in [-0.05, 0) is 32.9 Å². The Balaban J connectivity index is 2.19. The summed E-state index contributed by atoms with van der Waals surface area (Å²) in [5.41, 5.74) is 0. The number of allylic oxidation sites excluding steroid dienone is 1. The molecule has 1 aliphatic rings. The predicted octanol–water partition coefficient (Wildman–Crippen LogP) is 1.58. The molecule has 7 heteroatoms. The molecule has 116 valence electrons. The molecule has 1 saturated heterocycles. The number of rotatable bonds is 6. The molecule has 1 aromatic heterocycles. The van der Waals surface area contributed by atoms with E-state index in [0.717, 1.165) is 36.9 Å². The van der Waals surface area contributed by atoms with E-state index in [0.29, 0.717) is 12.5 Å². The maximum absolute atomic E-state index is 11.6. The Kier molecular flexibility index (Phi) is 5.81. The maximum Gasteiger partial charge on any atom is 0.318 e. The SMILES string of the molecule is C=CCn1c(SC(C)C(=O)OC)nnc1C1CCNCC1. The van der Waals surface area contributed by atoms with Gasteiger partial charge in [-0.15, -0.1) is 16.8 Å². The molecule has 6 nitrogen and oxygen atoms in total. The Morgan fingerprint density at radius 1 is 1.57 bits per heavy atom. The van der Waals surface area contributed by atoms with E-state index in [1.165, 1.54) is 18.9 Å². The predicted molar refractivity (Wildman–Crippen MR) is 82.4 cm³/mol. The van der Waals surface area contributed by atoms with Crippen LogP contribution < -0.4 is 5.32 Å². The number of carbonyl (C=O) groups is 1. The number of methoxy groups -OCH3 is 1. The highest BCUT2D eigenvalue weighted by molar-refractivity contribution is 8.00. The number of nitrogens with one attached hydrogen (secondary N) is 1. The summed E-state index contributed by atoms with van der Waals surface area (Å²) >= 11 is 1.38. The van der Waals surface area contributed by atoms with E-state index in [1.807, 2.05) is 13.0 Å². The van der Waals surface area contributed by atoms with Gasteiger partial charge >= 0.3 is 5.97 Å². The number of aromatic nitrogens is 3. The summed E-state index contributed by atoms with van der Waals surface area (Å²) in [7, 11) is 1.40. The number of hydrogen-bond donors (Lipinski definition) is 1. The van der Waals surface area contributed by atoms with Crippen molar-refractivity contribution in [2.75, 3.05) is 20.2 Å². The number of carbonyl (C=O) groups excluding carboxylic acids is 1. The van der Waals surface area contributed by atoms with Crippen LogP contribution in [0.3, 0.4) is 0 Å². The van der Waals surface area contributed by atoms with Crippen LogP contribution in [0.4, 0.5) is 0 Å². The van der Waals surface area contributed by atoms with E-state index in [4.69, 9.17) is 4.74 Å². The van der Waals surface area contributed by atoms with E-state index >= 15 is 0 Å². The quantitative estimate of drug-likeness (QED) is 0.489. The third kappa shape index (κ3) is 3.85. The summed E-state index contributed by atoms with van der Waals surface area (Å²) in [6, 6.07) is 0. The first-order chi connectivity index (χ1) is 10.2. The average Bonchev–Trinajstić information content (AvgIpc) is 2.90. The highest BCUT2D eigenvalue weighted by Crippen LogP contribution is 2.29. The van der Waals surface area contributed by atoms with Crippen LogP contribution >= 0.6 is 11.8 Å². The lowest BCUT2D eigenvalue weighted by Crippen LogP contribution is -2.28. The maximum atomic E-state index is 11.6. The van der Waals surface area contributed by atoms with Gasteiger partial charge in [0.05, 0.1) is 7.11 Å². The summed E-state index contributed by atoms with van der Waals surface area (Å²) in [5, 5.41) is 12.4. The molecule has 1 N–H and O–H groups in total. The first-order valence-electron chi connectivity index (χ1n) is 7.16. The monoisotopic (exact) mass is 310 g/mol. The third-order valence-electron chi connectivity index (χ3n) is 3.58. The fraction of sp³-hybridized carbons (Fsp3) is 0.643. The highest BCUT2D eigenvalue weighted by Gasteiger charge is 2.25. The van der Waals surface area contributed by atoms with Gasteiger partial charge in [-0.1, -0.05) is 17.8 Å². The number of nitrogens with zero attached hydrogens (tertiary/aromatic N) is 3. The Hall–Kier alpha value is -1.34. The zero-order valence-corrected chi connectivity index (χ0v) is 13.4. The van der Waals surface area contributed by atoms with Gasteiger partial charge in [0, 0.05) is 12.5 Å². The van der Waals surface area contributed by atoms with E-state index in [1.54, 1.807) is 0 Å². The molecule has 0 aliphatic carbocycles. The molecule has 1 unspecified atom stereocenters. The van der Waals surface area contributed by atoms with E-state index in [9.17, 15) is 4.79 Å². The second-order valence-corrected chi connectivity index (χ2v) is 6.36. The molecule has 0 amide bonds. The fourth-order valence-corrected chi connectivity index (χ4v) is 3.33. The van der Waals surface area contributed by atoms with Crippen molar-refractivity contribution in [1.82, 2.24) is 20.1 Å². The summed E-state index contributed by atoms with van der Waals surface area (Å²) < 4.78 is 6.82. The average molecular weight is 310 g/mol. The molecular formula is C14H22N4O2S. The molecule has 1 aromatic rings. The number of esters is 1. The minimum Gasteiger partial charge on any atom is -0.468 e. The van der Waals surface area contributed by atoms with Crippen LogP contribution in [0, 0.1) is 0 Å². The van der Waals surface area contributed by atoms with Crippen LogP contribution in [0.15, 0.2) is 17.8 Å². The van der Waals surface area contributed by atoms with Gasteiger partial charge in [0.25, 0.3) is 0 Å². The summed E-state index contributed by atoms with van der Waals surface area (Å²) in [6.07, 6.45) is 3.96. The third-order valence-corrected chi connectivity index (χ3v) is 4.64. The molecule has 0 spiro atoms. The van der Waals surface area contributed by atoms with Crippen molar-refractivity contribution in [2.24, 2.45) is 0 Å². The van der Waals surface area contributed by atoms with Gasteiger partial charge < -0.3 is 14.6 Å². The van der Waals surface area contributed by atoms with E-state index in [-0.39, 0.29) is 11.2 Å². The van der Waals surface area contributed by atoms with Gasteiger partial charge in [-0.25, -0.2) is 0 Å². The number of piperidine rings is 1. The molecule has 0 bridgehead atoms. The first-order valence-corrected chi connectivity index (χ1v) is 8.04. The molecule has 0 aromatic carbocycles.